The summed E-state index contributed by atoms with van der Waals surface area (Å²) >= 11 is 0. The largest absolute Gasteiger partial charge is 0.443 e. The van der Waals surface area contributed by atoms with Crippen LogP contribution in [0.5, 0.6) is 0 Å². The predicted octanol–water partition coefficient (Wildman–Crippen LogP) is 3.01. The van der Waals surface area contributed by atoms with Crippen LogP contribution in [0.25, 0.3) is 0 Å². The molecule has 5 rings (SSSR count). The van der Waals surface area contributed by atoms with Crippen LogP contribution in [0.1, 0.15) is 51.8 Å². The summed E-state index contributed by atoms with van der Waals surface area (Å²) in [6.07, 6.45) is 1.96. The molecule has 7 heteroatoms. The first-order chi connectivity index (χ1) is 13.5. The lowest BCUT2D eigenvalue weighted by Crippen LogP contribution is -2.48. The van der Waals surface area contributed by atoms with Gasteiger partial charge in [-0.2, -0.15) is 0 Å². The van der Waals surface area contributed by atoms with Crippen LogP contribution < -0.4 is 0 Å². The van der Waals surface area contributed by atoms with Crippen LogP contribution in [0, 0.1) is 13.8 Å². The minimum atomic E-state index is -0.222. The number of amides is 2. The van der Waals surface area contributed by atoms with E-state index in [1.54, 1.807) is 13.8 Å². The van der Waals surface area contributed by atoms with Crippen LogP contribution in [0.3, 0.4) is 0 Å². The number of fused-ring (bicyclic) bond motifs is 3. The predicted molar refractivity (Wildman–Crippen MR) is 99.9 cm³/mol. The Morgan fingerprint density at radius 1 is 1.18 bits per heavy atom. The van der Waals surface area contributed by atoms with Gasteiger partial charge in [-0.1, -0.05) is 29.4 Å². The quantitative estimate of drug-likeness (QED) is 0.799. The number of piperidine rings is 1. The maximum atomic E-state index is 12.9. The molecule has 2 fully saturated rings. The fraction of sp³-hybridized carbons (Fsp3) is 0.476. The first-order valence-electron chi connectivity index (χ1n) is 9.83. The molecule has 28 heavy (non-hydrogen) atoms. The molecule has 2 atom stereocenters. The molecular weight excluding hydrogens is 358 g/mol. The van der Waals surface area contributed by atoms with Crippen LogP contribution in [0.15, 0.2) is 28.8 Å². The van der Waals surface area contributed by atoms with E-state index in [2.05, 4.69) is 17.3 Å². The number of hydrogen-bond donors (Lipinski definition) is 0. The van der Waals surface area contributed by atoms with Crippen molar-refractivity contribution < 1.29 is 18.8 Å². The van der Waals surface area contributed by atoms with E-state index in [0.717, 1.165) is 19.3 Å². The second-order valence-electron chi connectivity index (χ2n) is 7.90. The molecule has 0 N–H and O–H groups in total. The van der Waals surface area contributed by atoms with Gasteiger partial charge in [0.05, 0.1) is 11.7 Å². The number of benzene rings is 1. The highest BCUT2D eigenvalue weighted by Crippen LogP contribution is 2.44. The van der Waals surface area contributed by atoms with E-state index in [4.69, 9.17) is 9.26 Å². The van der Waals surface area contributed by atoms with Crippen LogP contribution in [0.4, 0.5) is 4.79 Å². The molecule has 1 aliphatic carbocycles. The summed E-state index contributed by atoms with van der Waals surface area (Å²) in [5.74, 6) is 0.515. The van der Waals surface area contributed by atoms with Crippen molar-refractivity contribution in [1.82, 2.24) is 15.0 Å². The summed E-state index contributed by atoms with van der Waals surface area (Å²) in [5, 5.41) is 3.89. The fourth-order valence-corrected chi connectivity index (χ4v) is 4.95. The molecule has 1 aromatic carbocycles. The molecule has 0 saturated carbocycles. The van der Waals surface area contributed by atoms with E-state index in [1.165, 1.54) is 11.1 Å². The van der Waals surface area contributed by atoms with Gasteiger partial charge in [0, 0.05) is 25.6 Å². The lowest BCUT2D eigenvalue weighted by molar-refractivity contribution is 0.0633. The Labute approximate surface area is 163 Å². The minimum Gasteiger partial charge on any atom is -0.443 e. The third-order valence-electron chi connectivity index (χ3n) is 6.30. The summed E-state index contributed by atoms with van der Waals surface area (Å²) < 4.78 is 10.8. The number of carbonyl (C=O) groups excluding carboxylic acids is 2. The van der Waals surface area contributed by atoms with Crippen LogP contribution in [-0.4, -0.2) is 52.2 Å². The van der Waals surface area contributed by atoms with Gasteiger partial charge in [0.15, 0.2) is 0 Å². The maximum absolute atomic E-state index is 12.9. The third-order valence-corrected chi connectivity index (χ3v) is 6.30. The highest BCUT2D eigenvalue weighted by molar-refractivity contribution is 5.96. The second-order valence-corrected chi connectivity index (χ2v) is 7.90. The van der Waals surface area contributed by atoms with Crippen molar-refractivity contribution in [1.29, 1.82) is 0 Å². The highest BCUT2D eigenvalue weighted by Gasteiger charge is 2.50. The topological polar surface area (TPSA) is 75.9 Å². The molecule has 2 aliphatic heterocycles. The van der Waals surface area contributed by atoms with Crippen LogP contribution >= 0.6 is 0 Å². The molecule has 1 aromatic heterocycles. The first kappa shape index (κ1) is 17.3. The third kappa shape index (κ3) is 2.52. The maximum Gasteiger partial charge on any atom is 0.411 e. The van der Waals surface area contributed by atoms with E-state index in [9.17, 15) is 9.59 Å². The monoisotopic (exact) mass is 381 g/mol. The molecule has 2 saturated heterocycles. The number of aryl methyl sites for hydroxylation is 2. The van der Waals surface area contributed by atoms with Crippen molar-refractivity contribution in [2.24, 2.45) is 0 Å². The Bertz CT molecular complexity index is 925. The van der Waals surface area contributed by atoms with E-state index in [-0.39, 0.29) is 30.2 Å². The molecule has 0 unspecified atom stereocenters. The number of rotatable bonds is 2. The van der Waals surface area contributed by atoms with Gasteiger partial charge in [-0.3, -0.25) is 9.69 Å². The zero-order valence-electron chi connectivity index (χ0n) is 16.1. The zero-order chi connectivity index (χ0) is 19.4. The zero-order valence-corrected chi connectivity index (χ0v) is 16.1. The van der Waals surface area contributed by atoms with E-state index in [0.29, 0.717) is 30.1 Å². The van der Waals surface area contributed by atoms with Crippen molar-refractivity contribution >= 4 is 12.0 Å². The standard InChI is InChI=1S/C21H23N3O4/c1-12-18(13(2)28-22-12)20(25)23-9-7-15(8-10-23)24-19-16-6-4-3-5-14(16)11-17(19)27-21(24)26/h3-6,15,17,19H,7-11H2,1-2H3/t17-,19+/m1/s1. The SMILES string of the molecule is Cc1noc(C)c1C(=O)N1CCC(N2C(=O)O[C@@H]3Cc4ccccc4[C@@H]32)CC1. The molecule has 7 nitrogen and oxygen atoms in total. The van der Waals surface area contributed by atoms with E-state index in [1.807, 2.05) is 21.9 Å². The summed E-state index contributed by atoms with van der Waals surface area (Å²) in [4.78, 5) is 29.2. The Morgan fingerprint density at radius 3 is 2.64 bits per heavy atom. The lowest BCUT2D eigenvalue weighted by atomic mass is 9.98. The summed E-state index contributed by atoms with van der Waals surface area (Å²) in [6, 6.07) is 8.36. The second kappa shape index (κ2) is 6.36. The first-order valence-corrected chi connectivity index (χ1v) is 9.83. The van der Waals surface area contributed by atoms with Crippen LogP contribution in [-0.2, 0) is 11.2 Å². The molecule has 2 amide bonds. The highest BCUT2D eigenvalue weighted by atomic mass is 16.6. The summed E-state index contributed by atoms with van der Waals surface area (Å²) in [5.41, 5.74) is 3.65. The number of hydrogen-bond acceptors (Lipinski definition) is 5. The average molecular weight is 381 g/mol. The van der Waals surface area contributed by atoms with Gasteiger partial charge in [0.1, 0.15) is 17.4 Å². The average Bonchev–Trinajstić information content (AvgIpc) is 3.32. The number of carbonyl (C=O) groups is 2. The fourth-order valence-electron chi connectivity index (χ4n) is 4.95. The van der Waals surface area contributed by atoms with Gasteiger partial charge in [-0.25, -0.2) is 4.79 Å². The van der Waals surface area contributed by atoms with Crippen molar-refractivity contribution in [2.75, 3.05) is 13.1 Å². The smallest absolute Gasteiger partial charge is 0.411 e. The van der Waals surface area contributed by atoms with Gasteiger partial charge in [0.2, 0.25) is 0 Å². The Morgan fingerprint density at radius 2 is 1.93 bits per heavy atom. The molecule has 0 bridgehead atoms. The Kier molecular flexibility index (Phi) is 3.92. The lowest BCUT2D eigenvalue weighted by Gasteiger charge is -2.37. The Balaban J connectivity index is 1.32. The van der Waals surface area contributed by atoms with Crippen molar-refractivity contribution in [3.8, 4) is 0 Å². The number of likely N-dealkylation sites (tertiary alicyclic amines) is 1. The van der Waals surface area contributed by atoms with Crippen LogP contribution in [0.2, 0.25) is 0 Å². The minimum absolute atomic E-state index is 0.00138. The normalized spacial score (nSPS) is 24.3. The van der Waals surface area contributed by atoms with Gasteiger partial charge in [0.25, 0.3) is 5.91 Å². The summed E-state index contributed by atoms with van der Waals surface area (Å²) in [7, 11) is 0. The van der Waals surface area contributed by atoms with Gasteiger partial charge < -0.3 is 14.2 Å². The van der Waals surface area contributed by atoms with Crippen molar-refractivity contribution in [3.63, 3.8) is 0 Å². The molecule has 0 spiro atoms. The number of aromatic nitrogens is 1. The van der Waals surface area contributed by atoms with Crippen molar-refractivity contribution in [2.45, 2.75) is 51.3 Å². The van der Waals surface area contributed by atoms with Gasteiger partial charge >= 0.3 is 6.09 Å². The summed E-state index contributed by atoms with van der Waals surface area (Å²) in [6.45, 7) is 4.76. The molecular formula is C21H23N3O4. The Hall–Kier alpha value is -2.83. The molecule has 2 aromatic rings. The van der Waals surface area contributed by atoms with E-state index >= 15 is 0 Å². The van der Waals surface area contributed by atoms with Crippen molar-refractivity contribution in [3.05, 3.63) is 52.4 Å². The van der Waals surface area contributed by atoms with E-state index < -0.39 is 0 Å². The number of nitrogens with zero attached hydrogens (tertiary/aromatic N) is 3. The molecule has 0 radical (unpaired) electrons. The molecule has 146 valence electrons. The van der Waals surface area contributed by atoms with Gasteiger partial charge in [-0.05, 0) is 37.8 Å². The van der Waals surface area contributed by atoms with Gasteiger partial charge in [-0.15, -0.1) is 0 Å². The molecule has 3 heterocycles. The molecule has 3 aliphatic rings. The number of ether oxygens (including phenoxy) is 1.